The summed E-state index contributed by atoms with van der Waals surface area (Å²) < 4.78 is 16.1. The minimum absolute atomic E-state index is 0.246. The second kappa shape index (κ2) is 9.70. The number of nitrogens with zero attached hydrogens (tertiary/aromatic N) is 1. The van der Waals surface area contributed by atoms with Gasteiger partial charge in [-0.2, -0.15) is 0 Å². The third-order valence-corrected chi connectivity index (χ3v) is 4.90. The van der Waals surface area contributed by atoms with Crippen LogP contribution in [0.5, 0.6) is 17.2 Å². The van der Waals surface area contributed by atoms with E-state index in [-0.39, 0.29) is 11.6 Å². The molecule has 1 heterocycles. The fraction of sp³-hybridized carbons (Fsp3) is 0.391. The SMILES string of the molecule is COc1ccc(-c2nc3cc(OC)cc(OC)c3c(=O)[nH]2)c(NCC(C)NC(C)C)c1. The molecule has 2 aromatic carbocycles. The summed E-state index contributed by atoms with van der Waals surface area (Å²) in [4.78, 5) is 20.5. The Morgan fingerprint density at radius 1 is 1.00 bits per heavy atom. The maximum Gasteiger partial charge on any atom is 0.262 e. The average Bonchev–Trinajstić information content (AvgIpc) is 2.75. The van der Waals surface area contributed by atoms with Gasteiger partial charge in [-0.25, -0.2) is 4.98 Å². The number of aromatic amines is 1. The number of fused-ring (bicyclic) bond motifs is 1. The van der Waals surface area contributed by atoms with E-state index < -0.39 is 0 Å². The Morgan fingerprint density at radius 2 is 1.74 bits per heavy atom. The molecule has 3 aromatic rings. The standard InChI is InChI=1S/C23H30N4O4/c1-13(2)25-14(3)12-24-18-9-15(29-4)7-8-17(18)22-26-19-10-16(30-5)11-20(31-6)21(19)23(28)27-22/h7-11,13-14,24-25H,12H2,1-6H3,(H,26,27,28). The van der Waals surface area contributed by atoms with Crippen molar-refractivity contribution >= 4 is 16.6 Å². The average molecular weight is 427 g/mol. The van der Waals surface area contributed by atoms with E-state index in [1.54, 1.807) is 26.4 Å². The molecule has 8 nitrogen and oxygen atoms in total. The Hall–Kier alpha value is -3.26. The van der Waals surface area contributed by atoms with Crippen LogP contribution in [-0.4, -0.2) is 49.9 Å². The summed E-state index contributed by atoms with van der Waals surface area (Å²) in [5, 5.41) is 7.29. The summed E-state index contributed by atoms with van der Waals surface area (Å²) in [6.07, 6.45) is 0. The van der Waals surface area contributed by atoms with Crippen molar-refractivity contribution in [3.05, 3.63) is 40.7 Å². The predicted octanol–water partition coefficient (Wildman–Crippen LogP) is 3.41. The summed E-state index contributed by atoms with van der Waals surface area (Å²) in [6.45, 7) is 7.03. The maximum atomic E-state index is 12.9. The molecule has 0 saturated carbocycles. The van der Waals surface area contributed by atoms with Crippen LogP contribution in [0.3, 0.4) is 0 Å². The van der Waals surface area contributed by atoms with E-state index in [0.717, 1.165) is 11.3 Å². The van der Waals surface area contributed by atoms with Gasteiger partial charge in [-0.15, -0.1) is 0 Å². The number of nitrogens with one attached hydrogen (secondary N) is 3. The van der Waals surface area contributed by atoms with Crippen molar-refractivity contribution < 1.29 is 14.2 Å². The molecule has 0 radical (unpaired) electrons. The third kappa shape index (κ3) is 5.08. The van der Waals surface area contributed by atoms with E-state index in [2.05, 4.69) is 36.4 Å². The number of benzene rings is 2. The van der Waals surface area contributed by atoms with Gasteiger partial charge in [-0.05, 0) is 19.1 Å². The highest BCUT2D eigenvalue weighted by molar-refractivity contribution is 5.88. The first kappa shape index (κ1) is 22.4. The van der Waals surface area contributed by atoms with Gasteiger partial charge in [0.05, 0.1) is 26.8 Å². The van der Waals surface area contributed by atoms with Crippen LogP contribution >= 0.6 is 0 Å². The fourth-order valence-corrected chi connectivity index (χ4v) is 3.51. The van der Waals surface area contributed by atoms with Crippen molar-refractivity contribution in [3.8, 4) is 28.6 Å². The lowest BCUT2D eigenvalue weighted by molar-refractivity contribution is 0.397. The molecule has 0 aliphatic rings. The van der Waals surface area contributed by atoms with Crippen molar-refractivity contribution in [2.24, 2.45) is 0 Å². The molecule has 3 N–H and O–H groups in total. The van der Waals surface area contributed by atoms with Crippen LogP contribution in [-0.2, 0) is 0 Å². The van der Waals surface area contributed by atoms with Crippen molar-refractivity contribution in [3.63, 3.8) is 0 Å². The second-order valence-electron chi connectivity index (χ2n) is 7.65. The Bertz CT molecular complexity index is 1110. The summed E-state index contributed by atoms with van der Waals surface area (Å²) in [6, 6.07) is 9.63. The Balaban J connectivity index is 2.08. The molecule has 8 heteroatoms. The van der Waals surface area contributed by atoms with Gasteiger partial charge in [0.2, 0.25) is 0 Å². The molecule has 0 aliphatic heterocycles. The minimum atomic E-state index is -0.281. The summed E-state index contributed by atoms with van der Waals surface area (Å²) in [7, 11) is 4.70. The molecular formula is C23H30N4O4. The lowest BCUT2D eigenvalue weighted by Crippen LogP contribution is -2.37. The molecule has 1 atom stereocenters. The number of hydrogen-bond acceptors (Lipinski definition) is 7. The first-order valence-electron chi connectivity index (χ1n) is 10.2. The predicted molar refractivity (Wildman–Crippen MR) is 124 cm³/mol. The van der Waals surface area contributed by atoms with Gasteiger partial charge in [-0.1, -0.05) is 13.8 Å². The molecule has 0 saturated heterocycles. The zero-order valence-electron chi connectivity index (χ0n) is 18.8. The number of rotatable bonds is 9. The van der Waals surface area contributed by atoms with E-state index in [1.807, 2.05) is 18.2 Å². The number of methoxy groups -OCH3 is 3. The molecule has 3 rings (SSSR count). The molecule has 0 bridgehead atoms. The van der Waals surface area contributed by atoms with Crippen LogP contribution in [0.1, 0.15) is 20.8 Å². The number of anilines is 1. The first-order valence-corrected chi connectivity index (χ1v) is 10.2. The van der Waals surface area contributed by atoms with Crippen LogP contribution in [0.25, 0.3) is 22.3 Å². The number of aromatic nitrogens is 2. The Morgan fingerprint density at radius 3 is 2.39 bits per heavy atom. The number of ether oxygens (including phenoxy) is 3. The van der Waals surface area contributed by atoms with Crippen LogP contribution in [0.4, 0.5) is 5.69 Å². The van der Waals surface area contributed by atoms with Crippen molar-refractivity contribution in [2.45, 2.75) is 32.9 Å². The summed E-state index contributed by atoms with van der Waals surface area (Å²) in [5.41, 5.74) is 1.79. The monoisotopic (exact) mass is 426 g/mol. The highest BCUT2D eigenvalue weighted by atomic mass is 16.5. The van der Waals surface area contributed by atoms with E-state index >= 15 is 0 Å². The van der Waals surface area contributed by atoms with Crippen molar-refractivity contribution in [1.82, 2.24) is 15.3 Å². The van der Waals surface area contributed by atoms with E-state index in [9.17, 15) is 4.79 Å². The van der Waals surface area contributed by atoms with Gasteiger partial charge in [0, 0.05) is 48.1 Å². The first-order chi connectivity index (χ1) is 14.9. The molecule has 1 unspecified atom stereocenters. The summed E-state index contributed by atoms with van der Waals surface area (Å²) >= 11 is 0. The normalized spacial score (nSPS) is 12.1. The summed E-state index contributed by atoms with van der Waals surface area (Å²) in [5.74, 6) is 2.14. The molecule has 166 valence electrons. The fourth-order valence-electron chi connectivity index (χ4n) is 3.51. The van der Waals surface area contributed by atoms with E-state index in [4.69, 9.17) is 19.2 Å². The van der Waals surface area contributed by atoms with Crippen LogP contribution in [0, 0.1) is 0 Å². The lowest BCUT2D eigenvalue weighted by atomic mass is 10.1. The molecule has 0 spiro atoms. The largest absolute Gasteiger partial charge is 0.497 e. The highest BCUT2D eigenvalue weighted by Gasteiger charge is 2.16. The molecule has 0 amide bonds. The molecular weight excluding hydrogens is 396 g/mol. The Kier molecular flexibility index (Phi) is 7.02. The van der Waals surface area contributed by atoms with Gasteiger partial charge >= 0.3 is 0 Å². The minimum Gasteiger partial charge on any atom is -0.497 e. The molecule has 1 aromatic heterocycles. The number of hydrogen-bond donors (Lipinski definition) is 3. The second-order valence-corrected chi connectivity index (χ2v) is 7.65. The lowest BCUT2D eigenvalue weighted by Gasteiger charge is -2.20. The molecule has 0 aliphatic carbocycles. The van der Waals surface area contributed by atoms with Crippen LogP contribution < -0.4 is 30.4 Å². The topological polar surface area (TPSA) is 97.5 Å². The van der Waals surface area contributed by atoms with Crippen LogP contribution in [0.2, 0.25) is 0 Å². The van der Waals surface area contributed by atoms with E-state index in [0.29, 0.717) is 46.6 Å². The quantitative estimate of drug-likeness (QED) is 0.482. The van der Waals surface area contributed by atoms with Crippen molar-refractivity contribution in [2.75, 3.05) is 33.2 Å². The molecule has 31 heavy (non-hydrogen) atoms. The molecule has 0 fully saturated rings. The van der Waals surface area contributed by atoms with Gasteiger partial charge in [0.1, 0.15) is 28.5 Å². The maximum absolute atomic E-state index is 12.9. The smallest absolute Gasteiger partial charge is 0.262 e. The van der Waals surface area contributed by atoms with Gasteiger partial charge in [-0.3, -0.25) is 4.79 Å². The van der Waals surface area contributed by atoms with Crippen molar-refractivity contribution in [1.29, 1.82) is 0 Å². The zero-order chi connectivity index (χ0) is 22.5. The third-order valence-electron chi connectivity index (χ3n) is 4.90. The number of H-pyrrole nitrogens is 1. The van der Waals surface area contributed by atoms with E-state index in [1.165, 1.54) is 7.11 Å². The van der Waals surface area contributed by atoms with Gasteiger partial charge < -0.3 is 29.8 Å². The van der Waals surface area contributed by atoms with Gasteiger partial charge in [0.15, 0.2) is 0 Å². The zero-order valence-corrected chi connectivity index (χ0v) is 18.8. The van der Waals surface area contributed by atoms with Crippen LogP contribution in [0.15, 0.2) is 35.1 Å². The van der Waals surface area contributed by atoms with Gasteiger partial charge in [0.25, 0.3) is 5.56 Å². The highest BCUT2D eigenvalue weighted by Crippen LogP contribution is 2.32. The Labute approximate surface area is 181 Å².